The zero-order valence-corrected chi connectivity index (χ0v) is 17.6. The summed E-state index contributed by atoms with van der Waals surface area (Å²) in [6.07, 6.45) is 4.40. The monoisotopic (exact) mass is 445 g/mol. The van der Waals surface area contributed by atoms with Crippen LogP contribution in [0.15, 0.2) is 36.9 Å². The van der Waals surface area contributed by atoms with Gasteiger partial charge in [-0.1, -0.05) is 0 Å². The third kappa shape index (κ3) is 6.11. The van der Waals surface area contributed by atoms with E-state index >= 15 is 0 Å². The van der Waals surface area contributed by atoms with Crippen molar-refractivity contribution in [3.63, 3.8) is 0 Å². The minimum Gasteiger partial charge on any atom is -0.475 e. The SMILES string of the molecule is COCCOc1cc(Nc2cc(NC(C)=O)ncc2-c2ccncn2)nc(C(C)(F)F)n1. The number of methoxy groups -OCH3 is 1. The van der Waals surface area contributed by atoms with Crippen LogP contribution in [-0.2, 0) is 15.5 Å². The second-order valence-electron chi connectivity index (χ2n) is 6.66. The molecule has 0 bridgehead atoms. The van der Waals surface area contributed by atoms with Gasteiger partial charge < -0.3 is 20.1 Å². The van der Waals surface area contributed by atoms with E-state index in [0.29, 0.717) is 23.9 Å². The molecule has 0 aliphatic carbocycles. The number of hydrogen-bond acceptors (Lipinski definition) is 9. The molecular weight excluding hydrogens is 424 g/mol. The second-order valence-corrected chi connectivity index (χ2v) is 6.66. The molecule has 0 aliphatic heterocycles. The molecule has 168 valence electrons. The van der Waals surface area contributed by atoms with Gasteiger partial charge in [-0.25, -0.2) is 19.9 Å². The summed E-state index contributed by atoms with van der Waals surface area (Å²) in [5.41, 5.74) is 1.47. The van der Waals surface area contributed by atoms with E-state index in [2.05, 4.69) is 35.6 Å². The van der Waals surface area contributed by atoms with Crippen LogP contribution in [0.25, 0.3) is 11.3 Å². The number of pyridine rings is 1. The molecule has 0 saturated heterocycles. The zero-order valence-electron chi connectivity index (χ0n) is 17.6. The van der Waals surface area contributed by atoms with E-state index in [-0.39, 0.29) is 36.6 Å². The van der Waals surface area contributed by atoms with E-state index in [1.165, 1.54) is 38.7 Å². The predicted molar refractivity (Wildman–Crippen MR) is 112 cm³/mol. The van der Waals surface area contributed by atoms with Gasteiger partial charge in [0.15, 0.2) is 0 Å². The number of rotatable bonds is 9. The number of halogens is 2. The molecule has 3 aromatic rings. The minimum atomic E-state index is -3.30. The standard InChI is InChI=1S/C20H21F2N7O3/c1-12(30)26-16-8-15(13(10-24-16)14-4-5-23-11-25-14)27-17-9-18(32-7-6-31-3)29-19(28-17)20(2,21)22/h4-5,8-11H,6-7H2,1-3H3,(H2,24,26,27,28,29,30). The number of aromatic nitrogens is 5. The number of anilines is 3. The average molecular weight is 445 g/mol. The van der Waals surface area contributed by atoms with Crippen LogP contribution in [0.3, 0.4) is 0 Å². The summed E-state index contributed by atoms with van der Waals surface area (Å²) < 4.78 is 38.3. The normalized spacial score (nSPS) is 11.2. The molecule has 2 N–H and O–H groups in total. The van der Waals surface area contributed by atoms with Gasteiger partial charge >= 0.3 is 5.92 Å². The number of hydrogen-bond donors (Lipinski definition) is 2. The van der Waals surface area contributed by atoms with Crippen molar-refractivity contribution in [1.82, 2.24) is 24.9 Å². The number of ether oxygens (including phenoxy) is 2. The minimum absolute atomic E-state index is 0.0456. The van der Waals surface area contributed by atoms with Crippen molar-refractivity contribution in [3.05, 3.63) is 42.7 Å². The highest BCUT2D eigenvalue weighted by molar-refractivity contribution is 5.89. The van der Waals surface area contributed by atoms with Crippen LogP contribution >= 0.6 is 0 Å². The van der Waals surface area contributed by atoms with Crippen LogP contribution in [0.1, 0.15) is 19.7 Å². The van der Waals surface area contributed by atoms with Crippen molar-refractivity contribution < 1.29 is 23.0 Å². The van der Waals surface area contributed by atoms with Crippen LogP contribution < -0.4 is 15.4 Å². The Labute approximate surface area is 182 Å². The quantitative estimate of drug-likeness (QED) is 0.478. The Morgan fingerprint density at radius 2 is 1.97 bits per heavy atom. The number of carbonyl (C=O) groups is 1. The average Bonchev–Trinajstić information content (AvgIpc) is 2.74. The maximum absolute atomic E-state index is 14.0. The highest BCUT2D eigenvalue weighted by atomic mass is 19.3. The fourth-order valence-electron chi connectivity index (χ4n) is 2.59. The van der Waals surface area contributed by atoms with Gasteiger partial charge in [0.1, 0.15) is 24.6 Å². The van der Waals surface area contributed by atoms with Crippen molar-refractivity contribution in [2.24, 2.45) is 0 Å². The van der Waals surface area contributed by atoms with Crippen molar-refractivity contribution in [2.45, 2.75) is 19.8 Å². The number of amides is 1. The van der Waals surface area contributed by atoms with E-state index in [0.717, 1.165) is 0 Å². The van der Waals surface area contributed by atoms with Gasteiger partial charge in [-0.15, -0.1) is 0 Å². The molecule has 3 heterocycles. The van der Waals surface area contributed by atoms with Gasteiger partial charge in [-0.3, -0.25) is 4.79 Å². The molecule has 0 aromatic carbocycles. The molecule has 0 atom stereocenters. The first-order valence-corrected chi connectivity index (χ1v) is 9.46. The maximum Gasteiger partial charge on any atom is 0.304 e. The predicted octanol–water partition coefficient (Wildman–Crippen LogP) is 3.17. The molecule has 0 aliphatic rings. The molecule has 1 amide bonds. The summed E-state index contributed by atoms with van der Waals surface area (Å²) >= 11 is 0. The first-order valence-electron chi connectivity index (χ1n) is 9.46. The fourth-order valence-corrected chi connectivity index (χ4v) is 2.59. The van der Waals surface area contributed by atoms with Gasteiger partial charge in [-0.05, 0) is 6.07 Å². The van der Waals surface area contributed by atoms with Gasteiger partial charge in [0.25, 0.3) is 0 Å². The maximum atomic E-state index is 14.0. The molecule has 12 heteroatoms. The molecule has 0 unspecified atom stereocenters. The van der Waals surface area contributed by atoms with Crippen LogP contribution in [0, 0.1) is 0 Å². The summed E-state index contributed by atoms with van der Waals surface area (Å²) in [4.78, 5) is 31.4. The molecule has 3 aromatic heterocycles. The molecule has 0 fully saturated rings. The molecule has 0 radical (unpaired) electrons. The number of alkyl halides is 2. The number of carbonyl (C=O) groups excluding carboxylic acids is 1. The van der Waals surface area contributed by atoms with Gasteiger partial charge in [0, 0.05) is 51.0 Å². The molecule has 3 rings (SSSR count). The molecular formula is C20H21F2N7O3. The van der Waals surface area contributed by atoms with Crippen molar-refractivity contribution in [3.8, 4) is 17.1 Å². The highest BCUT2D eigenvalue weighted by Gasteiger charge is 2.29. The zero-order chi connectivity index (χ0) is 23.1. The van der Waals surface area contributed by atoms with E-state index in [1.54, 1.807) is 12.3 Å². The summed E-state index contributed by atoms with van der Waals surface area (Å²) in [6.45, 7) is 2.41. The Balaban J connectivity index is 2.03. The lowest BCUT2D eigenvalue weighted by Crippen LogP contribution is -2.16. The molecule has 10 nitrogen and oxygen atoms in total. The topological polar surface area (TPSA) is 124 Å². The Morgan fingerprint density at radius 3 is 2.62 bits per heavy atom. The van der Waals surface area contributed by atoms with E-state index < -0.39 is 11.7 Å². The van der Waals surface area contributed by atoms with Gasteiger partial charge in [-0.2, -0.15) is 13.8 Å². The summed E-state index contributed by atoms with van der Waals surface area (Å²) in [5.74, 6) is -4.07. The van der Waals surface area contributed by atoms with Crippen LogP contribution in [-0.4, -0.2) is 51.2 Å². The van der Waals surface area contributed by atoms with E-state index in [4.69, 9.17) is 9.47 Å². The Hall–Kier alpha value is -3.80. The van der Waals surface area contributed by atoms with E-state index in [1.807, 2.05) is 0 Å². The van der Waals surface area contributed by atoms with Gasteiger partial charge in [0.05, 0.1) is 18.0 Å². The Kier molecular flexibility index (Phi) is 7.15. The van der Waals surface area contributed by atoms with Crippen LogP contribution in [0.4, 0.5) is 26.1 Å². The molecule has 32 heavy (non-hydrogen) atoms. The van der Waals surface area contributed by atoms with Crippen LogP contribution in [0.5, 0.6) is 5.88 Å². The van der Waals surface area contributed by atoms with Gasteiger partial charge in [0.2, 0.25) is 17.6 Å². The fraction of sp³-hybridized carbons (Fsp3) is 0.300. The third-order valence-electron chi connectivity index (χ3n) is 3.96. The second kappa shape index (κ2) is 10.0. The molecule has 0 spiro atoms. The number of nitrogens with zero attached hydrogens (tertiary/aromatic N) is 5. The van der Waals surface area contributed by atoms with Crippen LogP contribution in [0.2, 0.25) is 0 Å². The summed E-state index contributed by atoms with van der Waals surface area (Å²) in [5, 5.41) is 5.56. The first kappa shape index (κ1) is 22.9. The first-order chi connectivity index (χ1) is 15.3. The van der Waals surface area contributed by atoms with Crippen molar-refractivity contribution in [2.75, 3.05) is 31.0 Å². The lowest BCUT2D eigenvalue weighted by atomic mass is 10.1. The van der Waals surface area contributed by atoms with Crippen molar-refractivity contribution in [1.29, 1.82) is 0 Å². The Bertz CT molecular complexity index is 1080. The summed E-state index contributed by atoms with van der Waals surface area (Å²) in [7, 11) is 1.49. The number of nitrogens with one attached hydrogen (secondary N) is 2. The summed E-state index contributed by atoms with van der Waals surface area (Å²) in [6, 6.07) is 4.58. The smallest absolute Gasteiger partial charge is 0.304 e. The van der Waals surface area contributed by atoms with Crippen molar-refractivity contribution >= 4 is 23.2 Å². The third-order valence-corrected chi connectivity index (χ3v) is 3.96. The largest absolute Gasteiger partial charge is 0.475 e. The highest BCUT2D eigenvalue weighted by Crippen LogP contribution is 2.32. The Morgan fingerprint density at radius 1 is 1.16 bits per heavy atom. The van der Waals surface area contributed by atoms with E-state index in [9.17, 15) is 13.6 Å². The lowest BCUT2D eigenvalue weighted by Gasteiger charge is -2.16. The lowest BCUT2D eigenvalue weighted by molar-refractivity contribution is -0.114. The molecule has 0 saturated carbocycles.